The van der Waals surface area contributed by atoms with Crippen molar-refractivity contribution in [2.24, 2.45) is 0 Å². The van der Waals surface area contributed by atoms with Crippen LogP contribution >= 0.6 is 23.4 Å². The molecule has 0 saturated carbocycles. The van der Waals surface area contributed by atoms with Crippen molar-refractivity contribution in [1.82, 2.24) is 0 Å². The number of halogens is 1. The van der Waals surface area contributed by atoms with E-state index in [1.54, 1.807) is 42.1 Å². The molecular weight excluding hydrogens is 322 g/mol. The van der Waals surface area contributed by atoms with Gasteiger partial charge in [0.25, 0.3) is 5.69 Å². The van der Waals surface area contributed by atoms with Crippen LogP contribution in [0.4, 0.5) is 5.69 Å². The van der Waals surface area contributed by atoms with Gasteiger partial charge in [0.2, 0.25) is 0 Å². The summed E-state index contributed by atoms with van der Waals surface area (Å²) in [6.45, 7) is 0. The zero-order chi connectivity index (χ0) is 15.7. The number of Topliss-reactive ketones (excluding diaryl/α,β-unsaturated/α-hetero) is 1. The third kappa shape index (κ3) is 2.91. The van der Waals surface area contributed by atoms with Gasteiger partial charge < -0.3 is 0 Å². The van der Waals surface area contributed by atoms with Crippen molar-refractivity contribution in [2.75, 3.05) is 5.75 Å². The summed E-state index contributed by atoms with van der Waals surface area (Å²) in [6, 6.07) is 11.5. The van der Waals surface area contributed by atoms with Gasteiger partial charge in [0, 0.05) is 38.9 Å². The van der Waals surface area contributed by atoms with Crippen LogP contribution in [0.3, 0.4) is 0 Å². The second kappa shape index (κ2) is 5.94. The van der Waals surface area contributed by atoms with Crippen LogP contribution in [-0.4, -0.2) is 16.5 Å². The summed E-state index contributed by atoms with van der Waals surface area (Å²) >= 11 is 7.51. The van der Waals surface area contributed by atoms with Crippen LogP contribution < -0.4 is 0 Å². The average molecular weight is 332 g/mol. The zero-order valence-electron chi connectivity index (χ0n) is 11.3. The van der Waals surface area contributed by atoms with Crippen LogP contribution in [0.1, 0.15) is 15.9 Å². The number of carbonyl (C=O) groups is 1. The first kappa shape index (κ1) is 14.8. The molecule has 0 spiro atoms. The molecule has 0 unspecified atom stereocenters. The Morgan fingerprint density at radius 1 is 1.23 bits per heavy atom. The van der Waals surface area contributed by atoms with E-state index in [-0.39, 0.29) is 11.5 Å². The number of hydrogen-bond acceptors (Lipinski definition) is 4. The Bertz CT molecular complexity index is 817. The van der Waals surface area contributed by atoms with E-state index in [1.807, 2.05) is 6.07 Å². The molecule has 1 heterocycles. The highest BCUT2D eigenvalue weighted by Gasteiger charge is 2.22. The van der Waals surface area contributed by atoms with Crippen LogP contribution in [0.25, 0.3) is 6.08 Å². The quantitative estimate of drug-likeness (QED) is 0.457. The minimum absolute atomic E-state index is 0.00806. The molecule has 2 aromatic carbocycles. The molecule has 4 nitrogen and oxygen atoms in total. The Hall–Kier alpha value is -2.11. The molecule has 22 heavy (non-hydrogen) atoms. The molecule has 0 aliphatic carbocycles. The van der Waals surface area contributed by atoms with Gasteiger partial charge in [-0.2, -0.15) is 0 Å². The second-order valence-electron chi connectivity index (χ2n) is 4.78. The number of nitro benzene ring substituents is 1. The first-order valence-electron chi connectivity index (χ1n) is 6.46. The number of thioether (sulfide) groups is 1. The number of rotatable bonds is 2. The topological polar surface area (TPSA) is 60.2 Å². The number of nitro groups is 1. The van der Waals surface area contributed by atoms with Crippen molar-refractivity contribution in [2.45, 2.75) is 4.90 Å². The summed E-state index contributed by atoms with van der Waals surface area (Å²) in [4.78, 5) is 23.8. The van der Waals surface area contributed by atoms with Crippen LogP contribution in [0.15, 0.2) is 52.9 Å². The first-order valence-corrected chi connectivity index (χ1v) is 7.83. The maximum atomic E-state index is 12.5. The number of nitrogens with zero attached hydrogens (tertiary/aromatic N) is 1. The van der Waals surface area contributed by atoms with Crippen LogP contribution in [0.2, 0.25) is 5.02 Å². The lowest BCUT2D eigenvalue weighted by Crippen LogP contribution is -2.12. The largest absolute Gasteiger partial charge is 0.289 e. The van der Waals surface area contributed by atoms with E-state index in [0.717, 1.165) is 4.90 Å². The Morgan fingerprint density at radius 3 is 2.82 bits per heavy atom. The summed E-state index contributed by atoms with van der Waals surface area (Å²) < 4.78 is 0. The minimum Gasteiger partial charge on any atom is -0.289 e. The molecule has 0 atom stereocenters. The first-order chi connectivity index (χ1) is 10.5. The van der Waals surface area contributed by atoms with E-state index < -0.39 is 4.92 Å². The number of carbonyl (C=O) groups excluding carboxylic acids is 1. The van der Waals surface area contributed by atoms with E-state index >= 15 is 0 Å². The summed E-state index contributed by atoms with van der Waals surface area (Å²) in [5.41, 5.74) is 1.85. The molecule has 1 aliphatic heterocycles. The van der Waals surface area contributed by atoms with Gasteiger partial charge in [0.1, 0.15) is 0 Å². The molecule has 0 amide bonds. The van der Waals surface area contributed by atoms with Crippen molar-refractivity contribution in [1.29, 1.82) is 0 Å². The molecule has 0 aromatic heterocycles. The Morgan fingerprint density at radius 2 is 2.05 bits per heavy atom. The number of fused-ring (bicyclic) bond motifs is 1. The molecule has 0 N–H and O–H groups in total. The monoisotopic (exact) mass is 331 g/mol. The molecular formula is C16H10ClNO3S. The predicted molar refractivity (Wildman–Crippen MR) is 87.6 cm³/mol. The maximum Gasteiger partial charge on any atom is 0.270 e. The molecule has 0 saturated heterocycles. The summed E-state index contributed by atoms with van der Waals surface area (Å²) in [5, 5.41) is 11.3. The van der Waals surface area contributed by atoms with Crippen LogP contribution in [0, 0.1) is 10.1 Å². The van der Waals surface area contributed by atoms with Crippen molar-refractivity contribution < 1.29 is 9.72 Å². The lowest BCUT2D eigenvalue weighted by atomic mass is 10.0. The molecule has 0 fully saturated rings. The number of benzene rings is 2. The van der Waals surface area contributed by atoms with Crippen LogP contribution in [0.5, 0.6) is 0 Å². The van der Waals surface area contributed by atoms with Gasteiger partial charge in [0.15, 0.2) is 5.78 Å². The maximum absolute atomic E-state index is 12.5. The van der Waals surface area contributed by atoms with E-state index in [4.69, 9.17) is 11.6 Å². The van der Waals surface area contributed by atoms with Gasteiger partial charge in [-0.05, 0) is 29.8 Å². The van der Waals surface area contributed by atoms with Gasteiger partial charge in [-0.15, -0.1) is 11.8 Å². The number of non-ortho nitro benzene ring substituents is 1. The van der Waals surface area contributed by atoms with Crippen molar-refractivity contribution in [3.63, 3.8) is 0 Å². The Labute approximate surface area is 135 Å². The molecule has 0 radical (unpaired) electrons. The van der Waals surface area contributed by atoms with Crippen LogP contribution in [-0.2, 0) is 0 Å². The van der Waals surface area contributed by atoms with Crippen molar-refractivity contribution in [3.8, 4) is 0 Å². The Balaban J connectivity index is 1.98. The summed E-state index contributed by atoms with van der Waals surface area (Å²) in [5.74, 6) is 0.457. The average Bonchev–Trinajstić information content (AvgIpc) is 2.51. The van der Waals surface area contributed by atoms with E-state index in [9.17, 15) is 14.9 Å². The highest BCUT2D eigenvalue weighted by atomic mass is 35.5. The Kier molecular flexibility index (Phi) is 4.00. The summed E-state index contributed by atoms with van der Waals surface area (Å²) in [6.07, 6.45) is 1.70. The fourth-order valence-electron chi connectivity index (χ4n) is 2.24. The predicted octanol–water partition coefficient (Wildman–Crippen LogP) is 4.62. The molecule has 3 rings (SSSR count). The van der Waals surface area contributed by atoms with E-state index in [2.05, 4.69) is 0 Å². The highest BCUT2D eigenvalue weighted by molar-refractivity contribution is 7.99. The highest BCUT2D eigenvalue weighted by Crippen LogP contribution is 2.35. The van der Waals surface area contributed by atoms with Gasteiger partial charge in [-0.3, -0.25) is 14.9 Å². The van der Waals surface area contributed by atoms with Crippen molar-refractivity contribution in [3.05, 3.63) is 74.3 Å². The normalized spacial score (nSPS) is 15.7. The fourth-order valence-corrected chi connectivity index (χ4v) is 3.41. The molecule has 2 aromatic rings. The van der Waals surface area contributed by atoms with E-state index in [0.29, 0.717) is 27.5 Å². The number of ketones is 1. The fraction of sp³-hybridized carbons (Fsp3) is 0.0625. The van der Waals surface area contributed by atoms with E-state index in [1.165, 1.54) is 12.1 Å². The SMILES string of the molecule is O=C1/C(=C\c2cccc([N+](=O)[O-])c2)CSc2ccc(Cl)cc21. The molecule has 6 heteroatoms. The summed E-state index contributed by atoms with van der Waals surface area (Å²) in [7, 11) is 0. The third-order valence-electron chi connectivity index (χ3n) is 3.28. The van der Waals surface area contributed by atoms with Crippen molar-refractivity contribution >= 4 is 40.9 Å². The standard InChI is InChI=1S/C16H10ClNO3S/c17-12-4-5-15-14(8-12)16(19)11(9-22-15)6-10-2-1-3-13(7-10)18(20)21/h1-8H,9H2/b11-6-. The smallest absolute Gasteiger partial charge is 0.270 e. The minimum atomic E-state index is -0.450. The second-order valence-corrected chi connectivity index (χ2v) is 6.23. The third-order valence-corrected chi connectivity index (χ3v) is 4.64. The lowest BCUT2D eigenvalue weighted by molar-refractivity contribution is -0.384. The zero-order valence-corrected chi connectivity index (χ0v) is 12.9. The molecule has 1 aliphatic rings. The van der Waals surface area contributed by atoms with Gasteiger partial charge in [0.05, 0.1) is 4.92 Å². The van der Waals surface area contributed by atoms with Gasteiger partial charge in [-0.1, -0.05) is 23.7 Å². The van der Waals surface area contributed by atoms with Gasteiger partial charge >= 0.3 is 0 Å². The molecule has 110 valence electrons. The van der Waals surface area contributed by atoms with Gasteiger partial charge in [-0.25, -0.2) is 0 Å². The number of hydrogen-bond donors (Lipinski definition) is 0. The lowest BCUT2D eigenvalue weighted by Gasteiger charge is -2.17. The molecule has 0 bridgehead atoms.